The smallest absolute Gasteiger partial charge is 0.223 e. The van der Waals surface area contributed by atoms with E-state index in [0.717, 1.165) is 36.8 Å². The minimum Gasteiger partial charge on any atom is -0.383 e. The first-order valence-corrected chi connectivity index (χ1v) is 6.36. The summed E-state index contributed by atoms with van der Waals surface area (Å²) in [6, 6.07) is 0. The number of nitrogens with zero attached hydrogens (tertiary/aromatic N) is 3. The summed E-state index contributed by atoms with van der Waals surface area (Å²) >= 11 is 0. The number of nitrogens with two attached hydrogens (primary N) is 2. The first kappa shape index (κ1) is 12.9. The number of likely N-dealkylation sites (N-methyl/N-ethyl adjacent to an activating group) is 1. The third-order valence-electron chi connectivity index (χ3n) is 3.10. The molecule has 1 aliphatic carbocycles. The third-order valence-corrected chi connectivity index (χ3v) is 3.10. The lowest BCUT2D eigenvalue weighted by atomic mass is 10.1. The summed E-state index contributed by atoms with van der Waals surface area (Å²) < 4.78 is 0. The van der Waals surface area contributed by atoms with Crippen LogP contribution in [0.4, 0.5) is 17.6 Å². The van der Waals surface area contributed by atoms with Crippen molar-refractivity contribution in [1.82, 2.24) is 14.9 Å². The molecule has 0 aromatic carbocycles. The number of anilines is 3. The molecule has 2 rings (SSSR count). The third kappa shape index (κ3) is 3.46. The van der Waals surface area contributed by atoms with E-state index in [4.69, 9.17) is 11.5 Å². The molecule has 1 saturated carbocycles. The van der Waals surface area contributed by atoms with Crippen molar-refractivity contribution in [2.24, 2.45) is 5.92 Å². The highest BCUT2D eigenvalue weighted by molar-refractivity contribution is 5.58. The Morgan fingerprint density at radius 3 is 2.61 bits per heavy atom. The van der Waals surface area contributed by atoms with E-state index in [0.29, 0.717) is 5.82 Å². The van der Waals surface area contributed by atoms with Crippen molar-refractivity contribution < 1.29 is 0 Å². The number of rotatable bonds is 6. The van der Waals surface area contributed by atoms with E-state index in [9.17, 15) is 0 Å². The standard InChI is InChI=1S/C12H22N6/c1-18(2)6-5-15-11-9(7-8-3-4-8)10(13)16-12(14)17-11/h8H,3-7H2,1-2H3,(H5,13,14,15,16,17). The van der Waals surface area contributed by atoms with Crippen molar-refractivity contribution in [3.63, 3.8) is 0 Å². The van der Waals surface area contributed by atoms with Crippen molar-refractivity contribution >= 4 is 17.6 Å². The van der Waals surface area contributed by atoms with Crippen LogP contribution in [0.5, 0.6) is 0 Å². The van der Waals surface area contributed by atoms with E-state index in [-0.39, 0.29) is 5.95 Å². The zero-order valence-electron chi connectivity index (χ0n) is 11.1. The Balaban J connectivity index is 2.09. The number of hydrogen-bond acceptors (Lipinski definition) is 6. The van der Waals surface area contributed by atoms with Gasteiger partial charge in [0.25, 0.3) is 0 Å². The second-order valence-electron chi connectivity index (χ2n) is 5.17. The van der Waals surface area contributed by atoms with E-state index >= 15 is 0 Å². The molecule has 6 nitrogen and oxygen atoms in total. The minimum absolute atomic E-state index is 0.236. The highest BCUT2D eigenvalue weighted by Crippen LogP contribution is 2.35. The van der Waals surface area contributed by atoms with E-state index in [2.05, 4.69) is 20.2 Å². The maximum absolute atomic E-state index is 5.95. The number of hydrogen-bond donors (Lipinski definition) is 3. The van der Waals surface area contributed by atoms with Gasteiger partial charge in [0.1, 0.15) is 11.6 Å². The number of aromatic nitrogens is 2. The normalized spacial score (nSPS) is 15.1. The van der Waals surface area contributed by atoms with Gasteiger partial charge < -0.3 is 21.7 Å². The van der Waals surface area contributed by atoms with Gasteiger partial charge in [-0.3, -0.25) is 0 Å². The topological polar surface area (TPSA) is 93.1 Å². The van der Waals surface area contributed by atoms with E-state index in [1.165, 1.54) is 12.8 Å². The van der Waals surface area contributed by atoms with Gasteiger partial charge in [0.15, 0.2) is 0 Å². The molecular formula is C12H22N6. The molecule has 0 amide bonds. The summed E-state index contributed by atoms with van der Waals surface area (Å²) in [6.45, 7) is 1.76. The minimum atomic E-state index is 0.236. The van der Waals surface area contributed by atoms with Crippen LogP contribution in [0.2, 0.25) is 0 Å². The Bertz CT molecular complexity index is 413. The van der Waals surface area contributed by atoms with E-state index in [1.807, 2.05) is 14.1 Å². The lowest BCUT2D eigenvalue weighted by molar-refractivity contribution is 0.425. The fraction of sp³-hybridized carbons (Fsp3) is 0.667. The van der Waals surface area contributed by atoms with Gasteiger partial charge in [0.2, 0.25) is 5.95 Å². The zero-order chi connectivity index (χ0) is 13.1. The summed E-state index contributed by atoms with van der Waals surface area (Å²) in [6.07, 6.45) is 3.51. The Labute approximate surface area is 108 Å². The van der Waals surface area contributed by atoms with Gasteiger partial charge in [-0.15, -0.1) is 0 Å². The second kappa shape index (κ2) is 5.39. The van der Waals surface area contributed by atoms with Crippen molar-refractivity contribution in [1.29, 1.82) is 0 Å². The van der Waals surface area contributed by atoms with Gasteiger partial charge in [-0.25, -0.2) is 0 Å². The lowest BCUT2D eigenvalue weighted by Gasteiger charge is -2.15. The van der Waals surface area contributed by atoms with Crippen LogP contribution in [0.3, 0.4) is 0 Å². The summed E-state index contributed by atoms with van der Waals surface area (Å²) in [7, 11) is 4.07. The van der Waals surface area contributed by atoms with Crippen LogP contribution in [0.15, 0.2) is 0 Å². The molecule has 0 unspecified atom stereocenters. The molecule has 0 spiro atoms. The molecule has 18 heavy (non-hydrogen) atoms. The first-order chi connectivity index (χ1) is 8.56. The van der Waals surface area contributed by atoms with Crippen LogP contribution in [-0.4, -0.2) is 42.1 Å². The molecule has 0 atom stereocenters. The lowest BCUT2D eigenvalue weighted by Crippen LogP contribution is -2.22. The van der Waals surface area contributed by atoms with Crippen LogP contribution < -0.4 is 16.8 Å². The predicted molar refractivity (Wildman–Crippen MR) is 74.3 cm³/mol. The van der Waals surface area contributed by atoms with Crippen LogP contribution >= 0.6 is 0 Å². The molecule has 0 radical (unpaired) electrons. The fourth-order valence-corrected chi connectivity index (χ4v) is 1.88. The maximum Gasteiger partial charge on any atom is 0.223 e. The molecule has 0 saturated heterocycles. The molecule has 6 heteroatoms. The summed E-state index contributed by atoms with van der Waals surface area (Å²) in [5.41, 5.74) is 12.6. The van der Waals surface area contributed by atoms with Gasteiger partial charge in [0.05, 0.1) is 0 Å². The van der Waals surface area contributed by atoms with Crippen molar-refractivity contribution in [3.8, 4) is 0 Å². The molecule has 1 aromatic heterocycles. The Hall–Kier alpha value is -1.56. The van der Waals surface area contributed by atoms with Crippen LogP contribution in [0.25, 0.3) is 0 Å². The van der Waals surface area contributed by atoms with Crippen LogP contribution in [-0.2, 0) is 6.42 Å². The van der Waals surface area contributed by atoms with Gasteiger partial charge >= 0.3 is 0 Å². The van der Waals surface area contributed by atoms with Crippen molar-refractivity contribution in [2.45, 2.75) is 19.3 Å². The highest BCUT2D eigenvalue weighted by Gasteiger charge is 2.25. The zero-order valence-corrected chi connectivity index (χ0v) is 11.1. The van der Waals surface area contributed by atoms with Gasteiger partial charge in [-0.2, -0.15) is 9.97 Å². The van der Waals surface area contributed by atoms with Crippen LogP contribution in [0, 0.1) is 5.92 Å². The molecular weight excluding hydrogens is 228 g/mol. The molecule has 5 N–H and O–H groups in total. The van der Waals surface area contributed by atoms with E-state index < -0.39 is 0 Å². The summed E-state index contributed by atoms with van der Waals surface area (Å²) in [5.74, 6) is 2.30. The largest absolute Gasteiger partial charge is 0.383 e. The second-order valence-corrected chi connectivity index (χ2v) is 5.17. The van der Waals surface area contributed by atoms with Crippen molar-refractivity contribution in [3.05, 3.63) is 5.56 Å². The van der Waals surface area contributed by atoms with Gasteiger partial charge in [-0.05, 0) is 39.3 Å². The Morgan fingerprint density at radius 2 is 2.00 bits per heavy atom. The van der Waals surface area contributed by atoms with Gasteiger partial charge in [0, 0.05) is 18.7 Å². The number of nitrogen functional groups attached to an aromatic ring is 2. The maximum atomic E-state index is 5.95. The Morgan fingerprint density at radius 1 is 1.28 bits per heavy atom. The van der Waals surface area contributed by atoms with Crippen molar-refractivity contribution in [2.75, 3.05) is 44.0 Å². The summed E-state index contributed by atoms with van der Waals surface area (Å²) in [4.78, 5) is 10.4. The highest BCUT2D eigenvalue weighted by atomic mass is 15.1. The molecule has 1 aromatic rings. The van der Waals surface area contributed by atoms with E-state index in [1.54, 1.807) is 0 Å². The SMILES string of the molecule is CN(C)CCNc1nc(N)nc(N)c1CC1CC1. The van der Waals surface area contributed by atoms with Crippen LogP contribution in [0.1, 0.15) is 18.4 Å². The molecule has 0 aliphatic heterocycles. The first-order valence-electron chi connectivity index (χ1n) is 6.36. The molecule has 100 valence electrons. The molecule has 1 heterocycles. The quantitative estimate of drug-likeness (QED) is 0.683. The predicted octanol–water partition coefficient (Wildman–Crippen LogP) is 0.567. The Kier molecular flexibility index (Phi) is 3.86. The van der Waals surface area contributed by atoms with Gasteiger partial charge in [-0.1, -0.05) is 0 Å². The average molecular weight is 250 g/mol. The summed E-state index contributed by atoms with van der Waals surface area (Å²) in [5, 5.41) is 3.31. The molecule has 1 aliphatic rings. The molecule has 0 bridgehead atoms. The fourth-order valence-electron chi connectivity index (χ4n) is 1.88. The monoisotopic (exact) mass is 250 g/mol. The average Bonchev–Trinajstić information content (AvgIpc) is 3.06. The molecule has 1 fully saturated rings. The number of nitrogens with one attached hydrogen (secondary N) is 1.